The SMILES string of the molecule is N#Cc1cc(COc2c(Cl)cc(Cl)cc2CBr)ccc1F. The van der Waals surface area contributed by atoms with E-state index < -0.39 is 5.82 Å². The zero-order valence-corrected chi connectivity index (χ0v) is 13.8. The van der Waals surface area contributed by atoms with Crippen molar-refractivity contribution in [2.45, 2.75) is 11.9 Å². The summed E-state index contributed by atoms with van der Waals surface area (Å²) in [5.41, 5.74) is 1.48. The predicted octanol–water partition coefficient (Wildman–Crippen LogP) is 5.48. The van der Waals surface area contributed by atoms with Crippen molar-refractivity contribution in [3.8, 4) is 11.8 Å². The summed E-state index contributed by atoms with van der Waals surface area (Å²) in [6, 6.07) is 9.40. The molecule has 0 saturated heterocycles. The molecule has 0 unspecified atom stereocenters. The molecule has 0 atom stereocenters. The number of alkyl halides is 1. The number of nitriles is 1. The minimum atomic E-state index is -0.549. The Morgan fingerprint density at radius 3 is 2.67 bits per heavy atom. The molecule has 6 heteroatoms. The van der Waals surface area contributed by atoms with Crippen molar-refractivity contribution >= 4 is 39.1 Å². The minimum Gasteiger partial charge on any atom is -0.487 e. The number of rotatable bonds is 4. The Kier molecular flexibility index (Phi) is 5.46. The molecule has 0 aliphatic carbocycles. The van der Waals surface area contributed by atoms with Crippen LogP contribution in [-0.4, -0.2) is 0 Å². The molecule has 2 aromatic rings. The second-order valence-electron chi connectivity index (χ2n) is 4.22. The Hall–Kier alpha value is -1.28. The largest absolute Gasteiger partial charge is 0.487 e. The summed E-state index contributed by atoms with van der Waals surface area (Å²) >= 11 is 15.4. The van der Waals surface area contributed by atoms with Gasteiger partial charge in [-0.3, -0.25) is 0 Å². The van der Waals surface area contributed by atoms with E-state index in [1.807, 2.05) is 0 Å². The van der Waals surface area contributed by atoms with E-state index in [2.05, 4.69) is 15.9 Å². The van der Waals surface area contributed by atoms with Gasteiger partial charge in [0, 0.05) is 15.9 Å². The predicted molar refractivity (Wildman–Crippen MR) is 84.5 cm³/mol. The first-order valence-corrected chi connectivity index (χ1v) is 7.78. The van der Waals surface area contributed by atoms with Crippen LogP contribution in [0, 0.1) is 17.1 Å². The molecule has 0 aliphatic rings. The molecule has 0 saturated carbocycles. The van der Waals surface area contributed by atoms with E-state index in [1.54, 1.807) is 24.3 Å². The monoisotopic (exact) mass is 387 g/mol. The number of ether oxygens (including phenoxy) is 1. The average molecular weight is 389 g/mol. The van der Waals surface area contributed by atoms with Gasteiger partial charge in [0.25, 0.3) is 0 Å². The lowest BCUT2D eigenvalue weighted by molar-refractivity contribution is 0.304. The zero-order chi connectivity index (χ0) is 15.4. The first-order chi connectivity index (χ1) is 10.0. The fraction of sp³-hybridized carbons (Fsp3) is 0.133. The van der Waals surface area contributed by atoms with Crippen LogP contribution in [0.4, 0.5) is 4.39 Å². The topological polar surface area (TPSA) is 33.0 Å². The van der Waals surface area contributed by atoms with Gasteiger partial charge in [0.2, 0.25) is 0 Å². The van der Waals surface area contributed by atoms with E-state index in [0.29, 0.717) is 26.7 Å². The van der Waals surface area contributed by atoms with Gasteiger partial charge in [-0.1, -0.05) is 45.2 Å². The van der Waals surface area contributed by atoms with Crippen LogP contribution in [0.25, 0.3) is 0 Å². The van der Waals surface area contributed by atoms with E-state index in [0.717, 1.165) is 5.56 Å². The second kappa shape index (κ2) is 7.13. The van der Waals surface area contributed by atoms with Crippen molar-refractivity contribution in [1.82, 2.24) is 0 Å². The van der Waals surface area contributed by atoms with Crippen LogP contribution in [-0.2, 0) is 11.9 Å². The van der Waals surface area contributed by atoms with Gasteiger partial charge in [-0.2, -0.15) is 5.26 Å². The third kappa shape index (κ3) is 3.88. The van der Waals surface area contributed by atoms with Crippen molar-refractivity contribution in [2.24, 2.45) is 0 Å². The highest BCUT2D eigenvalue weighted by atomic mass is 79.9. The van der Waals surface area contributed by atoms with Gasteiger partial charge in [-0.25, -0.2) is 4.39 Å². The number of halogens is 4. The van der Waals surface area contributed by atoms with Crippen LogP contribution in [0.3, 0.4) is 0 Å². The van der Waals surface area contributed by atoms with E-state index in [1.165, 1.54) is 12.1 Å². The first-order valence-electron chi connectivity index (χ1n) is 5.90. The summed E-state index contributed by atoms with van der Waals surface area (Å²) in [7, 11) is 0. The molecule has 2 aromatic carbocycles. The van der Waals surface area contributed by atoms with Crippen molar-refractivity contribution in [1.29, 1.82) is 5.26 Å². The summed E-state index contributed by atoms with van der Waals surface area (Å²) in [5, 5.41) is 10.3. The highest BCUT2D eigenvalue weighted by Crippen LogP contribution is 2.34. The van der Waals surface area contributed by atoms with E-state index in [-0.39, 0.29) is 12.2 Å². The Labute approximate surface area is 140 Å². The Bertz CT molecular complexity index is 716. The lowest BCUT2D eigenvalue weighted by atomic mass is 10.1. The van der Waals surface area contributed by atoms with Crippen molar-refractivity contribution in [3.05, 3.63) is 62.9 Å². The van der Waals surface area contributed by atoms with Gasteiger partial charge in [-0.15, -0.1) is 0 Å². The smallest absolute Gasteiger partial charge is 0.142 e. The molecule has 0 fully saturated rings. The summed E-state index contributed by atoms with van der Waals surface area (Å²) in [5.74, 6) is -0.0345. The zero-order valence-electron chi connectivity index (χ0n) is 10.7. The number of hydrogen-bond acceptors (Lipinski definition) is 2. The van der Waals surface area contributed by atoms with E-state index >= 15 is 0 Å². The second-order valence-corrected chi connectivity index (χ2v) is 5.63. The molecule has 2 rings (SSSR count). The molecule has 0 aliphatic heterocycles. The Balaban J connectivity index is 2.23. The van der Waals surface area contributed by atoms with Crippen molar-refractivity contribution in [2.75, 3.05) is 0 Å². The number of hydrogen-bond donors (Lipinski definition) is 0. The molecule has 21 heavy (non-hydrogen) atoms. The quantitative estimate of drug-likeness (QED) is 0.650. The number of nitrogens with zero attached hydrogens (tertiary/aromatic N) is 1. The van der Waals surface area contributed by atoms with Gasteiger partial charge in [-0.05, 0) is 29.8 Å². The molecule has 0 bridgehead atoms. The van der Waals surface area contributed by atoms with Crippen LogP contribution >= 0.6 is 39.1 Å². The molecular formula is C15H9BrCl2FNO. The standard InChI is InChI=1S/C15H9BrCl2FNO/c16-6-10-4-12(17)5-13(18)15(10)21-8-9-1-2-14(19)11(3-9)7-20/h1-5H,6,8H2. The molecular weight excluding hydrogens is 380 g/mol. The van der Waals surface area contributed by atoms with Gasteiger partial charge < -0.3 is 4.74 Å². The maximum absolute atomic E-state index is 13.3. The first kappa shape index (κ1) is 16.1. The highest BCUT2D eigenvalue weighted by molar-refractivity contribution is 9.08. The van der Waals surface area contributed by atoms with Crippen LogP contribution in [0.15, 0.2) is 30.3 Å². The lowest BCUT2D eigenvalue weighted by Crippen LogP contribution is -2.00. The summed E-state index contributed by atoms with van der Waals surface area (Å²) in [6.07, 6.45) is 0. The maximum Gasteiger partial charge on any atom is 0.142 e. The molecule has 0 heterocycles. The Morgan fingerprint density at radius 1 is 1.24 bits per heavy atom. The van der Waals surface area contributed by atoms with Crippen LogP contribution in [0.2, 0.25) is 10.0 Å². The number of benzene rings is 2. The van der Waals surface area contributed by atoms with Gasteiger partial charge in [0.05, 0.1) is 10.6 Å². The fourth-order valence-electron chi connectivity index (χ4n) is 1.78. The molecule has 2 nitrogen and oxygen atoms in total. The normalized spacial score (nSPS) is 10.2. The molecule has 0 N–H and O–H groups in total. The third-order valence-electron chi connectivity index (χ3n) is 2.76. The van der Waals surface area contributed by atoms with Crippen LogP contribution in [0.1, 0.15) is 16.7 Å². The minimum absolute atomic E-state index is 0.0148. The van der Waals surface area contributed by atoms with Gasteiger partial charge in [0.1, 0.15) is 24.2 Å². The summed E-state index contributed by atoms with van der Waals surface area (Å²) in [6.45, 7) is 0.177. The average Bonchev–Trinajstić information content (AvgIpc) is 2.47. The molecule has 108 valence electrons. The van der Waals surface area contributed by atoms with E-state index in [9.17, 15) is 4.39 Å². The maximum atomic E-state index is 13.3. The lowest BCUT2D eigenvalue weighted by Gasteiger charge is -2.13. The molecule has 0 amide bonds. The van der Waals surface area contributed by atoms with Gasteiger partial charge in [0.15, 0.2) is 0 Å². The van der Waals surface area contributed by atoms with E-state index in [4.69, 9.17) is 33.2 Å². The molecule has 0 spiro atoms. The summed E-state index contributed by atoms with van der Waals surface area (Å²) in [4.78, 5) is 0. The van der Waals surface area contributed by atoms with Crippen molar-refractivity contribution in [3.63, 3.8) is 0 Å². The molecule has 0 aromatic heterocycles. The van der Waals surface area contributed by atoms with Gasteiger partial charge >= 0.3 is 0 Å². The molecule has 0 radical (unpaired) electrons. The summed E-state index contributed by atoms with van der Waals surface area (Å²) < 4.78 is 18.9. The van der Waals surface area contributed by atoms with Crippen molar-refractivity contribution < 1.29 is 9.13 Å². The third-order valence-corrected chi connectivity index (χ3v) is 3.87. The Morgan fingerprint density at radius 2 is 2.00 bits per heavy atom. The van der Waals surface area contributed by atoms with Crippen LogP contribution in [0.5, 0.6) is 5.75 Å². The fourth-order valence-corrected chi connectivity index (χ4v) is 2.78. The van der Waals surface area contributed by atoms with Crippen LogP contribution < -0.4 is 4.74 Å². The highest BCUT2D eigenvalue weighted by Gasteiger charge is 2.11.